The number of alkyl halides is 3. The number of nitrogens with one attached hydrogen (secondary N) is 2. The first-order chi connectivity index (χ1) is 14.9. The van der Waals surface area contributed by atoms with Crippen molar-refractivity contribution in [3.8, 4) is 0 Å². The number of fused-ring (bicyclic) bond motifs is 1. The molecule has 0 fully saturated rings. The number of rotatable bonds is 7. The van der Waals surface area contributed by atoms with Crippen molar-refractivity contribution in [1.29, 1.82) is 0 Å². The number of benzene rings is 1. The van der Waals surface area contributed by atoms with E-state index in [1.165, 1.54) is 18.6 Å². The average Bonchev–Trinajstić information content (AvgIpc) is 2.97. The average molecular weight is 437 g/mol. The second-order valence-corrected chi connectivity index (χ2v) is 7.93. The summed E-state index contributed by atoms with van der Waals surface area (Å²) in [6.45, 7) is 6.61. The monoisotopic (exact) mass is 436 g/mol. The van der Waals surface area contributed by atoms with Crippen molar-refractivity contribution < 1.29 is 13.2 Å². The maximum Gasteiger partial charge on any atom is 0.416 e. The number of hydrogen-bond acceptors (Lipinski definition) is 3. The van der Waals surface area contributed by atoms with Gasteiger partial charge in [-0.25, -0.2) is 4.99 Å². The van der Waals surface area contributed by atoms with E-state index in [1.807, 2.05) is 13.8 Å². The van der Waals surface area contributed by atoms with Gasteiger partial charge in [0.05, 0.1) is 5.56 Å². The second kappa shape index (κ2) is 10.6. The third-order valence-electron chi connectivity index (χ3n) is 5.56. The van der Waals surface area contributed by atoms with Crippen LogP contribution in [0.4, 0.5) is 13.2 Å². The van der Waals surface area contributed by atoms with E-state index in [-0.39, 0.29) is 5.92 Å². The first-order valence-electron chi connectivity index (χ1n) is 11.0. The van der Waals surface area contributed by atoms with Gasteiger partial charge in [-0.3, -0.25) is 0 Å². The highest BCUT2D eigenvalue weighted by Gasteiger charge is 2.30. The van der Waals surface area contributed by atoms with Crippen LogP contribution in [0.25, 0.3) is 0 Å². The molecule has 2 heterocycles. The number of guanidine groups is 1. The first kappa shape index (κ1) is 23.1. The normalized spacial score (nSPS) is 15.8. The molecule has 1 aliphatic rings. The lowest BCUT2D eigenvalue weighted by molar-refractivity contribution is -0.137. The van der Waals surface area contributed by atoms with Gasteiger partial charge < -0.3 is 15.2 Å². The topological polar surface area (TPSA) is 67.1 Å². The van der Waals surface area contributed by atoms with Crippen molar-refractivity contribution >= 4 is 5.96 Å². The maximum atomic E-state index is 13.0. The molecule has 0 spiro atoms. The summed E-state index contributed by atoms with van der Waals surface area (Å²) in [7, 11) is 0. The van der Waals surface area contributed by atoms with Gasteiger partial charge in [-0.1, -0.05) is 31.5 Å². The number of aliphatic imine (C=N–C) groups is 1. The number of aromatic nitrogens is 3. The van der Waals surface area contributed by atoms with Gasteiger partial charge in [0.25, 0.3) is 0 Å². The third kappa shape index (κ3) is 6.45. The van der Waals surface area contributed by atoms with Gasteiger partial charge in [0.1, 0.15) is 12.4 Å². The van der Waals surface area contributed by atoms with Crippen LogP contribution in [0.1, 0.15) is 68.2 Å². The lowest BCUT2D eigenvalue weighted by Crippen LogP contribution is -2.38. The fourth-order valence-electron chi connectivity index (χ4n) is 3.75. The number of halogens is 3. The van der Waals surface area contributed by atoms with Crippen molar-refractivity contribution in [2.24, 2.45) is 4.99 Å². The molecular formula is C22H31F3N6. The summed E-state index contributed by atoms with van der Waals surface area (Å²) in [4.78, 5) is 4.63. The van der Waals surface area contributed by atoms with Crippen LogP contribution in [-0.4, -0.2) is 33.8 Å². The molecular weight excluding hydrogens is 405 g/mol. The predicted molar refractivity (Wildman–Crippen MR) is 115 cm³/mol. The van der Waals surface area contributed by atoms with Gasteiger partial charge in [-0.15, -0.1) is 10.2 Å². The molecule has 2 aromatic rings. The first-order valence-corrected chi connectivity index (χ1v) is 11.0. The number of aryl methyl sites for hydroxylation is 1. The Labute approximate surface area is 181 Å². The van der Waals surface area contributed by atoms with Crippen LogP contribution in [0.2, 0.25) is 0 Å². The van der Waals surface area contributed by atoms with Gasteiger partial charge >= 0.3 is 6.18 Å². The van der Waals surface area contributed by atoms with E-state index in [0.717, 1.165) is 43.5 Å². The minimum absolute atomic E-state index is 0.00931. The standard InChI is InChI=1S/C22H31F3N6/c1-3-26-21(28-15-20-30-29-19-10-5-4-6-13-31(19)20)27-12-11-16(2)17-8-7-9-18(14-17)22(23,24)25/h7-9,14,16H,3-6,10-13,15H2,1-2H3,(H2,26,27,28). The van der Waals surface area contributed by atoms with Crippen molar-refractivity contribution in [3.05, 3.63) is 47.0 Å². The fourth-order valence-corrected chi connectivity index (χ4v) is 3.75. The van der Waals surface area contributed by atoms with Crippen LogP contribution in [0, 0.1) is 0 Å². The molecule has 0 saturated carbocycles. The number of hydrogen-bond donors (Lipinski definition) is 2. The Morgan fingerprint density at radius 2 is 2.03 bits per heavy atom. The Kier molecular flexibility index (Phi) is 7.92. The highest BCUT2D eigenvalue weighted by atomic mass is 19.4. The van der Waals surface area contributed by atoms with Gasteiger partial charge in [0.2, 0.25) is 0 Å². The summed E-state index contributed by atoms with van der Waals surface area (Å²) in [5, 5.41) is 15.1. The van der Waals surface area contributed by atoms with Crippen LogP contribution in [0.15, 0.2) is 29.3 Å². The summed E-state index contributed by atoms with van der Waals surface area (Å²) >= 11 is 0. The number of nitrogens with zero attached hydrogens (tertiary/aromatic N) is 4. The lowest BCUT2D eigenvalue weighted by Gasteiger charge is -2.16. The van der Waals surface area contributed by atoms with E-state index in [1.54, 1.807) is 6.07 Å². The molecule has 1 atom stereocenters. The van der Waals surface area contributed by atoms with Gasteiger partial charge in [-0.2, -0.15) is 13.2 Å². The molecule has 1 aliphatic heterocycles. The van der Waals surface area contributed by atoms with E-state index in [9.17, 15) is 13.2 Å². The van der Waals surface area contributed by atoms with Crippen LogP contribution in [-0.2, 0) is 25.7 Å². The Balaban J connectivity index is 1.57. The quantitative estimate of drug-likeness (QED) is 0.502. The van der Waals surface area contributed by atoms with E-state index in [4.69, 9.17) is 0 Å². The summed E-state index contributed by atoms with van der Waals surface area (Å²) < 4.78 is 41.0. The van der Waals surface area contributed by atoms with Crippen LogP contribution in [0.5, 0.6) is 0 Å². The second-order valence-electron chi connectivity index (χ2n) is 7.93. The minimum atomic E-state index is -4.32. The molecule has 0 saturated heterocycles. The molecule has 0 aliphatic carbocycles. The molecule has 3 rings (SSSR count). The molecule has 2 N–H and O–H groups in total. The molecule has 9 heteroatoms. The molecule has 31 heavy (non-hydrogen) atoms. The van der Waals surface area contributed by atoms with Crippen molar-refractivity contribution in [3.63, 3.8) is 0 Å². The van der Waals surface area contributed by atoms with E-state index >= 15 is 0 Å². The zero-order chi connectivity index (χ0) is 22.3. The molecule has 170 valence electrons. The van der Waals surface area contributed by atoms with Gasteiger partial charge in [0, 0.05) is 26.1 Å². The Morgan fingerprint density at radius 1 is 1.19 bits per heavy atom. The lowest BCUT2D eigenvalue weighted by atomic mass is 9.96. The van der Waals surface area contributed by atoms with Crippen LogP contribution < -0.4 is 10.6 Å². The third-order valence-corrected chi connectivity index (χ3v) is 5.56. The zero-order valence-electron chi connectivity index (χ0n) is 18.2. The fraction of sp³-hybridized carbons (Fsp3) is 0.591. The minimum Gasteiger partial charge on any atom is -0.357 e. The molecule has 0 radical (unpaired) electrons. The molecule has 0 bridgehead atoms. The zero-order valence-corrected chi connectivity index (χ0v) is 18.2. The van der Waals surface area contributed by atoms with Gasteiger partial charge in [0.15, 0.2) is 11.8 Å². The van der Waals surface area contributed by atoms with Crippen LogP contribution in [0.3, 0.4) is 0 Å². The largest absolute Gasteiger partial charge is 0.416 e. The molecule has 6 nitrogen and oxygen atoms in total. The summed E-state index contributed by atoms with van der Waals surface area (Å²) in [5.41, 5.74) is 0.0804. The van der Waals surface area contributed by atoms with Gasteiger partial charge in [-0.05, 0) is 43.7 Å². The summed E-state index contributed by atoms with van der Waals surface area (Å²) in [6.07, 6.45) is 0.816. The smallest absolute Gasteiger partial charge is 0.357 e. The summed E-state index contributed by atoms with van der Waals surface area (Å²) in [6, 6.07) is 5.56. The maximum absolute atomic E-state index is 13.0. The van der Waals surface area contributed by atoms with Crippen molar-refractivity contribution in [2.45, 2.75) is 71.1 Å². The molecule has 1 aromatic carbocycles. The van der Waals surface area contributed by atoms with E-state index < -0.39 is 11.7 Å². The molecule has 0 amide bonds. The van der Waals surface area contributed by atoms with E-state index in [2.05, 4.69) is 30.4 Å². The molecule has 1 aromatic heterocycles. The van der Waals surface area contributed by atoms with Crippen molar-refractivity contribution in [2.75, 3.05) is 13.1 Å². The van der Waals surface area contributed by atoms with E-state index in [0.29, 0.717) is 37.6 Å². The Bertz CT molecular complexity index is 874. The highest BCUT2D eigenvalue weighted by Crippen LogP contribution is 2.31. The molecule has 1 unspecified atom stereocenters. The predicted octanol–water partition coefficient (Wildman–Crippen LogP) is 4.27. The van der Waals surface area contributed by atoms with Crippen LogP contribution >= 0.6 is 0 Å². The Hall–Kier alpha value is -2.58. The highest BCUT2D eigenvalue weighted by molar-refractivity contribution is 5.79. The van der Waals surface area contributed by atoms with Crippen molar-refractivity contribution in [1.82, 2.24) is 25.4 Å². The summed E-state index contributed by atoms with van der Waals surface area (Å²) in [5.74, 6) is 2.57. The SMILES string of the molecule is CCNC(=NCc1nnc2n1CCCCC2)NCCC(C)c1cccc(C(F)(F)F)c1. The Morgan fingerprint density at radius 3 is 2.81 bits per heavy atom.